The molecule has 1 aliphatic heterocycles. The van der Waals surface area contributed by atoms with E-state index in [1.807, 2.05) is 0 Å². The lowest BCUT2D eigenvalue weighted by Crippen LogP contribution is -2.33. The predicted octanol–water partition coefficient (Wildman–Crippen LogP) is 6.88. The molecule has 4 heteroatoms. The van der Waals surface area contributed by atoms with Crippen LogP contribution in [0.1, 0.15) is 59.4 Å². The van der Waals surface area contributed by atoms with Gasteiger partial charge in [0.15, 0.2) is 0 Å². The number of likely N-dealkylation sites (tertiary alicyclic amines) is 1. The largest absolute Gasteiger partial charge is 0.497 e. The first-order valence-corrected chi connectivity index (χ1v) is 13.8. The van der Waals surface area contributed by atoms with Gasteiger partial charge in [-0.3, -0.25) is 4.90 Å². The van der Waals surface area contributed by atoms with Crippen LogP contribution in [0.5, 0.6) is 17.2 Å². The molecular formula is C33H37NO3. The number of benzene rings is 3. The summed E-state index contributed by atoms with van der Waals surface area (Å²) in [5.41, 5.74) is 9.35. The second-order valence-corrected chi connectivity index (χ2v) is 10.5. The Kier molecular flexibility index (Phi) is 6.93. The standard InChI is InChI=1S/C33H37NO3/c1-35-26-14-15-27-30(23-10-12-25(13-11-23)37-19-18-34-16-6-3-7-17-34)20-24-21-32(36-2)28-8-4-5-9-29(28)33(24)31(27)22-26/h4,8,10-15,21-22,30H,3,5-7,9,16-20H2,1-2H3. The molecule has 1 saturated heterocycles. The molecule has 6 rings (SSSR count). The summed E-state index contributed by atoms with van der Waals surface area (Å²) < 4.78 is 17.6. The second-order valence-electron chi connectivity index (χ2n) is 10.5. The first kappa shape index (κ1) is 24.1. The molecule has 4 nitrogen and oxygen atoms in total. The smallest absolute Gasteiger partial charge is 0.126 e. The third-order valence-electron chi connectivity index (χ3n) is 8.32. The SMILES string of the molecule is COc1ccc2c(c1)-c1c(cc(OC)c3c1CCC=C3)CC2c1ccc(OCCN2CCCCC2)cc1. The van der Waals surface area contributed by atoms with Gasteiger partial charge < -0.3 is 14.2 Å². The zero-order valence-electron chi connectivity index (χ0n) is 22.1. The number of piperidine rings is 1. The van der Waals surface area contributed by atoms with Gasteiger partial charge in [0.2, 0.25) is 0 Å². The van der Waals surface area contributed by atoms with E-state index in [0.717, 1.165) is 49.7 Å². The Balaban J connectivity index is 1.30. The molecule has 1 heterocycles. The molecule has 0 radical (unpaired) electrons. The van der Waals surface area contributed by atoms with E-state index in [9.17, 15) is 0 Å². The molecule has 0 saturated carbocycles. The minimum atomic E-state index is 0.276. The number of hydrogen-bond donors (Lipinski definition) is 0. The maximum absolute atomic E-state index is 6.12. The molecule has 1 atom stereocenters. The number of rotatable bonds is 7. The Labute approximate surface area is 220 Å². The van der Waals surface area contributed by atoms with Crippen LogP contribution in [0.4, 0.5) is 0 Å². The Morgan fingerprint density at radius 1 is 0.892 bits per heavy atom. The first-order chi connectivity index (χ1) is 18.2. The van der Waals surface area contributed by atoms with Crippen LogP contribution in [0.2, 0.25) is 0 Å². The van der Waals surface area contributed by atoms with E-state index in [1.54, 1.807) is 14.2 Å². The van der Waals surface area contributed by atoms with Crippen molar-refractivity contribution < 1.29 is 14.2 Å². The minimum absolute atomic E-state index is 0.276. The molecule has 37 heavy (non-hydrogen) atoms. The molecule has 1 unspecified atom stereocenters. The fourth-order valence-corrected chi connectivity index (χ4v) is 6.40. The van der Waals surface area contributed by atoms with Gasteiger partial charge in [-0.2, -0.15) is 0 Å². The summed E-state index contributed by atoms with van der Waals surface area (Å²) in [4.78, 5) is 2.52. The minimum Gasteiger partial charge on any atom is -0.497 e. The fraction of sp³-hybridized carbons (Fsp3) is 0.394. The number of nitrogens with zero attached hydrogens (tertiary/aromatic N) is 1. The molecule has 0 amide bonds. The van der Waals surface area contributed by atoms with Crippen LogP contribution in [-0.2, 0) is 12.8 Å². The normalized spacial score (nSPS) is 18.5. The summed E-state index contributed by atoms with van der Waals surface area (Å²) in [6, 6.07) is 17.6. The van der Waals surface area contributed by atoms with Gasteiger partial charge in [-0.1, -0.05) is 36.8 Å². The highest BCUT2D eigenvalue weighted by molar-refractivity contribution is 5.84. The monoisotopic (exact) mass is 495 g/mol. The summed E-state index contributed by atoms with van der Waals surface area (Å²) in [6.07, 6.45) is 11.5. The number of allylic oxidation sites excluding steroid dienone is 1. The van der Waals surface area contributed by atoms with Gasteiger partial charge in [-0.15, -0.1) is 0 Å². The van der Waals surface area contributed by atoms with Crippen LogP contribution >= 0.6 is 0 Å². The van der Waals surface area contributed by atoms with E-state index in [-0.39, 0.29) is 5.92 Å². The van der Waals surface area contributed by atoms with Crippen molar-refractivity contribution in [2.75, 3.05) is 40.5 Å². The number of ether oxygens (including phenoxy) is 3. The van der Waals surface area contributed by atoms with Gasteiger partial charge in [0, 0.05) is 18.0 Å². The van der Waals surface area contributed by atoms with Crippen LogP contribution in [0, 0.1) is 0 Å². The quantitative estimate of drug-likeness (QED) is 0.357. The summed E-state index contributed by atoms with van der Waals surface area (Å²) in [6.45, 7) is 4.18. The van der Waals surface area contributed by atoms with Crippen LogP contribution in [0.25, 0.3) is 17.2 Å². The average Bonchev–Trinajstić information content (AvgIpc) is 2.96. The summed E-state index contributed by atoms with van der Waals surface area (Å²) >= 11 is 0. The van der Waals surface area contributed by atoms with Crippen molar-refractivity contribution in [3.8, 4) is 28.4 Å². The molecule has 2 aliphatic carbocycles. The van der Waals surface area contributed by atoms with Gasteiger partial charge >= 0.3 is 0 Å². The molecule has 1 fully saturated rings. The topological polar surface area (TPSA) is 30.9 Å². The van der Waals surface area contributed by atoms with E-state index >= 15 is 0 Å². The summed E-state index contributed by atoms with van der Waals surface area (Å²) in [7, 11) is 3.53. The Morgan fingerprint density at radius 3 is 2.49 bits per heavy atom. The first-order valence-electron chi connectivity index (χ1n) is 13.8. The average molecular weight is 496 g/mol. The lowest BCUT2D eigenvalue weighted by atomic mass is 9.72. The molecule has 3 aromatic rings. The highest BCUT2D eigenvalue weighted by atomic mass is 16.5. The van der Waals surface area contributed by atoms with Crippen molar-refractivity contribution in [3.05, 3.63) is 82.4 Å². The highest BCUT2D eigenvalue weighted by Crippen LogP contribution is 2.49. The Hall–Kier alpha value is -3.24. The van der Waals surface area contributed by atoms with Gasteiger partial charge in [-0.25, -0.2) is 0 Å². The van der Waals surface area contributed by atoms with Gasteiger partial charge in [-0.05, 0) is 109 Å². The maximum Gasteiger partial charge on any atom is 0.126 e. The lowest BCUT2D eigenvalue weighted by Gasteiger charge is -2.32. The van der Waals surface area contributed by atoms with E-state index in [0.29, 0.717) is 0 Å². The lowest BCUT2D eigenvalue weighted by molar-refractivity contribution is 0.183. The Bertz CT molecular complexity index is 1290. The van der Waals surface area contributed by atoms with Crippen molar-refractivity contribution in [3.63, 3.8) is 0 Å². The third-order valence-corrected chi connectivity index (χ3v) is 8.32. The fourth-order valence-electron chi connectivity index (χ4n) is 6.40. The molecule has 3 aliphatic rings. The van der Waals surface area contributed by atoms with E-state index in [4.69, 9.17) is 14.2 Å². The van der Waals surface area contributed by atoms with E-state index in [1.165, 1.54) is 71.3 Å². The molecule has 0 spiro atoms. The number of hydrogen-bond acceptors (Lipinski definition) is 4. The second kappa shape index (κ2) is 10.6. The zero-order chi connectivity index (χ0) is 25.2. The van der Waals surface area contributed by atoms with E-state index in [2.05, 4.69) is 65.6 Å². The van der Waals surface area contributed by atoms with Crippen LogP contribution in [0.3, 0.4) is 0 Å². The van der Waals surface area contributed by atoms with Crippen LogP contribution in [-0.4, -0.2) is 45.4 Å². The molecule has 0 N–H and O–H groups in total. The predicted molar refractivity (Wildman–Crippen MR) is 150 cm³/mol. The third kappa shape index (κ3) is 4.75. The van der Waals surface area contributed by atoms with Crippen LogP contribution in [0.15, 0.2) is 54.6 Å². The van der Waals surface area contributed by atoms with Crippen molar-refractivity contribution in [2.45, 2.75) is 44.4 Å². The Morgan fingerprint density at radius 2 is 1.70 bits per heavy atom. The summed E-state index contributed by atoms with van der Waals surface area (Å²) in [5, 5.41) is 0. The van der Waals surface area contributed by atoms with Crippen molar-refractivity contribution in [1.82, 2.24) is 4.90 Å². The van der Waals surface area contributed by atoms with Crippen molar-refractivity contribution >= 4 is 6.08 Å². The molecule has 0 aromatic heterocycles. The number of methoxy groups -OCH3 is 2. The van der Waals surface area contributed by atoms with Crippen LogP contribution < -0.4 is 14.2 Å². The van der Waals surface area contributed by atoms with Gasteiger partial charge in [0.1, 0.15) is 23.9 Å². The molecule has 0 bridgehead atoms. The maximum atomic E-state index is 6.12. The summed E-state index contributed by atoms with van der Waals surface area (Å²) in [5.74, 6) is 3.11. The van der Waals surface area contributed by atoms with Gasteiger partial charge in [0.25, 0.3) is 0 Å². The van der Waals surface area contributed by atoms with E-state index < -0.39 is 0 Å². The van der Waals surface area contributed by atoms with Crippen molar-refractivity contribution in [1.29, 1.82) is 0 Å². The van der Waals surface area contributed by atoms with Gasteiger partial charge in [0.05, 0.1) is 14.2 Å². The molecule has 192 valence electrons. The van der Waals surface area contributed by atoms with Crippen molar-refractivity contribution in [2.24, 2.45) is 0 Å². The molecule has 3 aromatic carbocycles. The highest BCUT2D eigenvalue weighted by Gasteiger charge is 2.31. The zero-order valence-corrected chi connectivity index (χ0v) is 22.1. The number of fused-ring (bicyclic) bond motifs is 5. The molecular weight excluding hydrogens is 458 g/mol.